The fraction of sp³-hybridized carbons (Fsp3) is 0.269. The van der Waals surface area contributed by atoms with Gasteiger partial charge in [-0.25, -0.2) is 4.98 Å². The van der Waals surface area contributed by atoms with Crippen LogP contribution in [0.15, 0.2) is 63.7 Å². The Morgan fingerprint density at radius 3 is 2.57 bits per heavy atom. The second kappa shape index (κ2) is 9.32. The molecular formula is C26H22Cl3N3O2S. The molecule has 2 heterocycles. The molecule has 35 heavy (non-hydrogen) atoms. The first-order valence-corrected chi connectivity index (χ1v) is 13.2. The highest BCUT2D eigenvalue weighted by Crippen LogP contribution is 2.49. The molecule has 2 aromatic carbocycles. The third-order valence-corrected chi connectivity index (χ3v) is 8.15. The molecule has 180 valence electrons. The molecule has 2 N–H and O–H groups in total. The molecule has 5 nitrogen and oxygen atoms in total. The van der Waals surface area contributed by atoms with Crippen molar-refractivity contribution in [2.24, 2.45) is 5.41 Å². The number of nitrogens with one attached hydrogen (secondary N) is 2. The Hall–Kier alpha value is -2.25. The average Bonchev–Trinajstić information content (AvgIpc) is 2.76. The van der Waals surface area contributed by atoms with Crippen molar-refractivity contribution in [1.82, 2.24) is 9.97 Å². The minimum atomic E-state index is -0.631. The molecule has 1 atom stereocenters. The van der Waals surface area contributed by atoms with Crippen molar-refractivity contribution in [3.63, 3.8) is 0 Å². The number of thioether (sulfide) groups is 1. The molecule has 1 aromatic heterocycles. The fourth-order valence-electron chi connectivity index (χ4n) is 4.77. The van der Waals surface area contributed by atoms with Gasteiger partial charge in [0.2, 0.25) is 0 Å². The average molecular weight is 547 g/mol. The van der Waals surface area contributed by atoms with Crippen molar-refractivity contribution < 1.29 is 4.79 Å². The zero-order valence-corrected chi connectivity index (χ0v) is 22.1. The lowest BCUT2D eigenvalue weighted by atomic mass is 9.69. The number of hydrogen-bond donors (Lipinski definition) is 2. The van der Waals surface area contributed by atoms with Gasteiger partial charge in [0.15, 0.2) is 10.9 Å². The van der Waals surface area contributed by atoms with Crippen LogP contribution in [-0.2, 0) is 10.5 Å². The summed E-state index contributed by atoms with van der Waals surface area (Å²) < 4.78 is 0. The van der Waals surface area contributed by atoms with Gasteiger partial charge in [-0.1, -0.05) is 84.7 Å². The second-order valence-electron chi connectivity index (χ2n) is 9.57. The van der Waals surface area contributed by atoms with E-state index in [9.17, 15) is 9.59 Å². The lowest BCUT2D eigenvalue weighted by Crippen LogP contribution is -2.37. The molecule has 9 heteroatoms. The predicted octanol–water partition coefficient (Wildman–Crippen LogP) is 7.22. The summed E-state index contributed by atoms with van der Waals surface area (Å²) >= 11 is 20.4. The molecule has 5 rings (SSSR count). The number of allylic oxidation sites excluding steroid dienone is 2. The SMILES string of the molecule is CC1(C)CC(=O)C2=C(C1)Nc1nc(SCc3ccccc3Cl)[nH]c(=O)c1C2c1ccc(Cl)cc1Cl. The molecule has 2 aliphatic rings. The van der Waals surface area contributed by atoms with Crippen molar-refractivity contribution in [3.05, 3.63) is 95.8 Å². The summed E-state index contributed by atoms with van der Waals surface area (Å²) in [5, 5.41) is 5.33. The van der Waals surface area contributed by atoms with Crippen LogP contribution < -0.4 is 10.9 Å². The van der Waals surface area contributed by atoms with Crippen LogP contribution in [-0.4, -0.2) is 15.8 Å². The molecule has 0 amide bonds. The van der Waals surface area contributed by atoms with Gasteiger partial charge in [0.1, 0.15) is 5.82 Å². The van der Waals surface area contributed by atoms with Crippen LogP contribution in [0.25, 0.3) is 0 Å². The Morgan fingerprint density at radius 2 is 1.83 bits per heavy atom. The van der Waals surface area contributed by atoms with Crippen LogP contribution in [0.3, 0.4) is 0 Å². The van der Waals surface area contributed by atoms with Crippen molar-refractivity contribution in [1.29, 1.82) is 0 Å². The fourth-order valence-corrected chi connectivity index (χ4v) is 6.43. The summed E-state index contributed by atoms with van der Waals surface area (Å²) in [7, 11) is 0. The van der Waals surface area contributed by atoms with E-state index in [0.29, 0.717) is 61.3 Å². The number of nitrogens with zero attached hydrogens (tertiary/aromatic N) is 1. The van der Waals surface area contributed by atoms with Gasteiger partial charge in [-0.2, -0.15) is 0 Å². The van der Waals surface area contributed by atoms with Gasteiger partial charge in [0.05, 0.1) is 5.56 Å². The highest BCUT2D eigenvalue weighted by atomic mass is 35.5. The van der Waals surface area contributed by atoms with Gasteiger partial charge in [-0.3, -0.25) is 9.59 Å². The second-order valence-corrected chi connectivity index (χ2v) is 11.8. The molecule has 0 spiro atoms. The third kappa shape index (κ3) is 4.77. The largest absolute Gasteiger partial charge is 0.343 e. The van der Waals surface area contributed by atoms with Gasteiger partial charge in [0, 0.05) is 44.4 Å². The van der Waals surface area contributed by atoms with Gasteiger partial charge >= 0.3 is 0 Å². The molecule has 0 radical (unpaired) electrons. The summed E-state index contributed by atoms with van der Waals surface area (Å²) in [4.78, 5) is 34.5. The Labute approximate surface area is 222 Å². The van der Waals surface area contributed by atoms with Crippen LogP contribution in [0, 0.1) is 5.41 Å². The number of Topliss-reactive ketones (excluding diaryl/α,β-unsaturated/α-hetero) is 1. The Morgan fingerprint density at radius 1 is 1.06 bits per heavy atom. The quantitative estimate of drug-likeness (QED) is 0.267. The first-order valence-electron chi connectivity index (χ1n) is 11.1. The minimum Gasteiger partial charge on any atom is -0.343 e. The molecular weight excluding hydrogens is 525 g/mol. The number of hydrogen-bond acceptors (Lipinski definition) is 5. The topological polar surface area (TPSA) is 74.8 Å². The van der Waals surface area contributed by atoms with Crippen LogP contribution in [0.1, 0.15) is 49.3 Å². The number of ketones is 1. The lowest BCUT2D eigenvalue weighted by Gasteiger charge is -2.38. The summed E-state index contributed by atoms with van der Waals surface area (Å²) in [6.07, 6.45) is 1.05. The summed E-state index contributed by atoms with van der Waals surface area (Å²) in [5.74, 6) is 0.360. The zero-order chi connectivity index (χ0) is 24.9. The van der Waals surface area contributed by atoms with E-state index in [1.165, 1.54) is 11.8 Å². The lowest BCUT2D eigenvalue weighted by molar-refractivity contribution is -0.118. The zero-order valence-electron chi connectivity index (χ0n) is 19.0. The number of anilines is 1. The number of H-pyrrole nitrogens is 1. The molecule has 1 aliphatic carbocycles. The summed E-state index contributed by atoms with van der Waals surface area (Å²) in [6.45, 7) is 4.12. The van der Waals surface area contributed by atoms with Crippen LogP contribution in [0.4, 0.5) is 5.82 Å². The third-order valence-electron chi connectivity index (χ3n) is 6.30. The maximum Gasteiger partial charge on any atom is 0.257 e. The van der Waals surface area contributed by atoms with E-state index in [2.05, 4.69) is 24.1 Å². The maximum absolute atomic E-state index is 13.5. The summed E-state index contributed by atoms with van der Waals surface area (Å²) in [6, 6.07) is 12.7. The first kappa shape index (κ1) is 24.4. The monoisotopic (exact) mass is 545 g/mol. The Balaban J connectivity index is 1.61. The number of halogens is 3. The molecule has 1 unspecified atom stereocenters. The summed E-state index contributed by atoms with van der Waals surface area (Å²) in [5.41, 5.74) is 2.82. The molecule has 0 bridgehead atoms. The standard InChI is InChI=1S/C26H22Cl3N3O2S/c1-26(2)10-18-21(19(33)11-26)20(15-8-7-14(27)9-17(15)29)22-23(30-18)31-25(32-24(22)34)35-12-13-5-3-4-6-16(13)28/h3-9,20H,10-12H2,1-2H3,(H2,30,31,32,34). The van der Waals surface area contributed by atoms with Gasteiger partial charge in [0.25, 0.3) is 5.56 Å². The van der Waals surface area contributed by atoms with Crippen LogP contribution in [0.5, 0.6) is 0 Å². The Kier molecular flexibility index (Phi) is 6.51. The number of aromatic nitrogens is 2. The number of carbonyl (C=O) groups is 1. The Bertz CT molecular complexity index is 1450. The van der Waals surface area contributed by atoms with Crippen molar-refractivity contribution in [3.8, 4) is 0 Å². The van der Waals surface area contributed by atoms with Crippen molar-refractivity contribution in [2.45, 2.75) is 43.5 Å². The molecule has 3 aromatic rings. The van der Waals surface area contributed by atoms with E-state index in [0.717, 1.165) is 11.3 Å². The van der Waals surface area contributed by atoms with E-state index in [4.69, 9.17) is 39.8 Å². The number of benzene rings is 2. The van der Waals surface area contributed by atoms with Crippen LogP contribution >= 0.6 is 46.6 Å². The molecule has 0 saturated heterocycles. The number of fused-ring (bicyclic) bond motifs is 1. The smallest absolute Gasteiger partial charge is 0.257 e. The van der Waals surface area contributed by atoms with E-state index < -0.39 is 5.92 Å². The minimum absolute atomic E-state index is 0.00184. The van der Waals surface area contributed by atoms with Gasteiger partial charge in [-0.15, -0.1) is 0 Å². The normalized spacial score (nSPS) is 18.7. The van der Waals surface area contributed by atoms with E-state index in [1.807, 2.05) is 24.3 Å². The maximum atomic E-state index is 13.5. The predicted molar refractivity (Wildman–Crippen MR) is 143 cm³/mol. The molecule has 0 fully saturated rings. The number of carbonyl (C=O) groups excluding carboxylic acids is 1. The van der Waals surface area contributed by atoms with Crippen molar-refractivity contribution in [2.75, 3.05) is 5.32 Å². The van der Waals surface area contributed by atoms with E-state index in [1.54, 1.807) is 18.2 Å². The first-order chi connectivity index (χ1) is 16.6. The molecule has 0 saturated carbocycles. The van der Waals surface area contributed by atoms with E-state index in [-0.39, 0.29) is 16.8 Å². The van der Waals surface area contributed by atoms with Gasteiger partial charge < -0.3 is 10.3 Å². The highest BCUT2D eigenvalue weighted by Gasteiger charge is 2.43. The number of aromatic amines is 1. The van der Waals surface area contributed by atoms with Gasteiger partial charge in [-0.05, 0) is 41.2 Å². The van der Waals surface area contributed by atoms with Crippen LogP contribution in [0.2, 0.25) is 15.1 Å². The highest BCUT2D eigenvalue weighted by molar-refractivity contribution is 7.98. The van der Waals surface area contributed by atoms with E-state index >= 15 is 0 Å². The molecule has 1 aliphatic heterocycles. The number of rotatable bonds is 4. The van der Waals surface area contributed by atoms with Crippen molar-refractivity contribution >= 4 is 58.2 Å².